The molecule has 3 rings (SSSR count). The van der Waals surface area contributed by atoms with Crippen LogP contribution in [-0.2, 0) is 15.5 Å². The Balaban J connectivity index is 1.79. The second-order valence-corrected chi connectivity index (χ2v) is 7.29. The highest BCUT2D eigenvalue weighted by Gasteiger charge is 2.51. The Hall–Kier alpha value is -1.79. The zero-order valence-electron chi connectivity index (χ0n) is 14.6. The molecule has 0 N–H and O–H groups in total. The third-order valence-electron chi connectivity index (χ3n) is 4.98. The second-order valence-electron chi connectivity index (χ2n) is 7.29. The molecule has 0 unspecified atom stereocenters. The summed E-state index contributed by atoms with van der Waals surface area (Å²) >= 11 is 0. The first kappa shape index (κ1) is 18.0. The zero-order valence-corrected chi connectivity index (χ0v) is 14.6. The fourth-order valence-electron chi connectivity index (χ4n) is 2.66. The maximum atomic E-state index is 12.6. The topological polar surface area (TPSA) is 18.5 Å². The summed E-state index contributed by atoms with van der Waals surface area (Å²) in [5.41, 5.74) is 0.981. The van der Waals surface area contributed by atoms with E-state index in [4.69, 9.17) is 9.31 Å². The molecule has 0 bridgehead atoms. The van der Waals surface area contributed by atoms with Gasteiger partial charge in [-0.1, -0.05) is 36.4 Å². The van der Waals surface area contributed by atoms with Gasteiger partial charge in [-0.15, -0.1) is 0 Å². The van der Waals surface area contributed by atoms with Crippen molar-refractivity contribution < 1.29 is 22.5 Å². The van der Waals surface area contributed by atoms with E-state index in [0.29, 0.717) is 0 Å². The minimum Gasteiger partial charge on any atom is -0.399 e. The van der Waals surface area contributed by atoms with Gasteiger partial charge in [-0.3, -0.25) is 0 Å². The highest BCUT2D eigenvalue weighted by molar-refractivity contribution is 6.62. The van der Waals surface area contributed by atoms with Crippen LogP contribution in [0.25, 0.3) is 11.1 Å². The molecule has 1 heterocycles. The first-order chi connectivity index (χ1) is 11.5. The normalized spacial score (nSPS) is 19.2. The minimum atomic E-state index is -4.32. The molecule has 0 amide bonds. The van der Waals surface area contributed by atoms with E-state index in [1.165, 1.54) is 12.1 Å². The highest BCUT2D eigenvalue weighted by Crippen LogP contribution is 2.36. The largest absolute Gasteiger partial charge is 0.494 e. The van der Waals surface area contributed by atoms with Crippen molar-refractivity contribution in [2.24, 2.45) is 0 Å². The van der Waals surface area contributed by atoms with Crippen LogP contribution in [0.15, 0.2) is 48.5 Å². The SMILES string of the molecule is CC1(C)OB(c2ccc(-c3ccc(C(F)(F)F)cc3)cc2)OC1(C)C. The lowest BCUT2D eigenvalue weighted by atomic mass is 9.78. The molecule has 0 aromatic heterocycles. The summed E-state index contributed by atoms with van der Waals surface area (Å²) in [7, 11) is -0.452. The van der Waals surface area contributed by atoms with Gasteiger partial charge in [-0.25, -0.2) is 0 Å². The van der Waals surface area contributed by atoms with E-state index in [1.54, 1.807) is 0 Å². The molecule has 0 atom stereocenters. The van der Waals surface area contributed by atoms with Crippen LogP contribution in [0.1, 0.15) is 33.3 Å². The molecule has 0 aliphatic carbocycles. The maximum absolute atomic E-state index is 12.6. The summed E-state index contributed by atoms with van der Waals surface area (Å²) in [6.45, 7) is 7.96. The summed E-state index contributed by atoms with van der Waals surface area (Å²) < 4.78 is 49.9. The predicted molar refractivity (Wildman–Crippen MR) is 92.6 cm³/mol. The smallest absolute Gasteiger partial charge is 0.399 e. The lowest BCUT2D eigenvalue weighted by molar-refractivity contribution is -0.137. The molecule has 1 aliphatic heterocycles. The van der Waals surface area contributed by atoms with Gasteiger partial charge in [0.25, 0.3) is 0 Å². The van der Waals surface area contributed by atoms with E-state index in [0.717, 1.165) is 28.7 Å². The summed E-state index contributed by atoms with van der Waals surface area (Å²) in [4.78, 5) is 0. The van der Waals surface area contributed by atoms with Gasteiger partial charge in [0.05, 0.1) is 16.8 Å². The van der Waals surface area contributed by atoms with E-state index < -0.39 is 30.1 Å². The van der Waals surface area contributed by atoms with Crippen molar-refractivity contribution >= 4 is 12.6 Å². The van der Waals surface area contributed by atoms with Crippen molar-refractivity contribution in [2.45, 2.75) is 45.1 Å². The zero-order chi connectivity index (χ0) is 18.5. The van der Waals surface area contributed by atoms with E-state index in [1.807, 2.05) is 52.0 Å². The number of hydrogen-bond donors (Lipinski definition) is 0. The minimum absolute atomic E-state index is 0.413. The van der Waals surface area contributed by atoms with Gasteiger partial charge in [-0.2, -0.15) is 13.2 Å². The maximum Gasteiger partial charge on any atom is 0.494 e. The standard InChI is InChI=1S/C19H20BF3O2/c1-17(2)18(3,4)25-20(24-17)16-11-7-14(8-12-16)13-5-9-15(10-6-13)19(21,22)23/h5-12H,1-4H3. The molecular formula is C19H20BF3O2. The van der Waals surface area contributed by atoms with Gasteiger partial charge in [0.2, 0.25) is 0 Å². The molecule has 0 saturated carbocycles. The third-order valence-corrected chi connectivity index (χ3v) is 4.98. The third kappa shape index (κ3) is 3.46. The van der Waals surface area contributed by atoms with Gasteiger partial charge < -0.3 is 9.31 Å². The van der Waals surface area contributed by atoms with Crippen LogP contribution in [0.2, 0.25) is 0 Å². The van der Waals surface area contributed by atoms with Gasteiger partial charge in [0, 0.05) is 0 Å². The van der Waals surface area contributed by atoms with Crippen molar-refractivity contribution in [2.75, 3.05) is 0 Å². The summed E-state index contributed by atoms with van der Waals surface area (Å²) in [5.74, 6) is 0. The molecule has 1 saturated heterocycles. The van der Waals surface area contributed by atoms with Crippen LogP contribution in [0.3, 0.4) is 0 Å². The van der Waals surface area contributed by atoms with E-state index in [2.05, 4.69) is 0 Å². The molecule has 25 heavy (non-hydrogen) atoms. The average Bonchev–Trinajstić information content (AvgIpc) is 2.75. The summed E-state index contributed by atoms with van der Waals surface area (Å²) in [6.07, 6.45) is -4.32. The number of benzene rings is 2. The van der Waals surface area contributed by atoms with Crippen molar-refractivity contribution in [3.05, 3.63) is 54.1 Å². The monoisotopic (exact) mass is 348 g/mol. The van der Waals surface area contributed by atoms with Crippen LogP contribution in [0, 0.1) is 0 Å². The number of halogens is 3. The molecule has 6 heteroatoms. The Morgan fingerprint density at radius 2 is 1.12 bits per heavy atom. The Morgan fingerprint density at radius 3 is 1.52 bits per heavy atom. The molecular weight excluding hydrogens is 328 g/mol. The van der Waals surface area contributed by atoms with Gasteiger partial charge in [0.1, 0.15) is 0 Å². The van der Waals surface area contributed by atoms with Crippen molar-refractivity contribution in [3.63, 3.8) is 0 Å². The van der Waals surface area contributed by atoms with Crippen molar-refractivity contribution in [1.82, 2.24) is 0 Å². The Morgan fingerprint density at radius 1 is 0.720 bits per heavy atom. The predicted octanol–water partition coefficient (Wildman–Crippen LogP) is 4.67. The first-order valence-electron chi connectivity index (χ1n) is 8.13. The molecule has 0 spiro atoms. The lowest BCUT2D eigenvalue weighted by Crippen LogP contribution is -2.41. The molecule has 2 aromatic rings. The molecule has 0 radical (unpaired) electrons. The quantitative estimate of drug-likeness (QED) is 0.735. The van der Waals surface area contributed by atoms with Gasteiger partial charge >= 0.3 is 13.3 Å². The van der Waals surface area contributed by atoms with Crippen LogP contribution >= 0.6 is 0 Å². The van der Waals surface area contributed by atoms with Crippen LogP contribution in [-0.4, -0.2) is 18.3 Å². The van der Waals surface area contributed by atoms with Crippen LogP contribution < -0.4 is 5.46 Å². The Kier molecular flexibility index (Phi) is 4.24. The Bertz CT molecular complexity index is 734. The highest BCUT2D eigenvalue weighted by atomic mass is 19.4. The van der Waals surface area contributed by atoms with E-state index in [9.17, 15) is 13.2 Å². The van der Waals surface area contributed by atoms with E-state index >= 15 is 0 Å². The summed E-state index contributed by atoms with van der Waals surface area (Å²) in [5, 5.41) is 0. The second kappa shape index (κ2) is 5.89. The van der Waals surface area contributed by atoms with Crippen molar-refractivity contribution in [1.29, 1.82) is 0 Å². The van der Waals surface area contributed by atoms with Crippen LogP contribution in [0.5, 0.6) is 0 Å². The molecule has 132 valence electrons. The number of rotatable bonds is 2. The molecule has 1 fully saturated rings. The van der Waals surface area contributed by atoms with Gasteiger partial charge in [-0.05, 0) is 56.4 Å². The number of alkyl halides is 3. The van der Waals surface area contributed by atoms with Crippen LogP contribution in [0.4, 0.5) is 13.2 Å². The molecule has 2 aromatic carbocycles. The fraction of sp³-hybridized carbons (Fsp3) is 0.368. The molecule has 1 aliphatic rings. The average molecular weight is 348 g/mol. The lowest BCUT2D eigenvalue weighted by Gasteiger charge is -2.32. The van der Waals surface area contributed by atoms with E-state index in [-0.39, 0.29) is 0 Å². The van der Waals surface area contributed by atoms with Gasteiger partial charge in [0.15, 0.2) is 0 Å². The number of hydrogen-bond acceptors (Lipinski definition) is 2. The first-order valence-corrected chi connectivity index (χ1v) is 8.13. The Labute approximate surface area is 146 Å². The molecule has 2 nitrogen and oxygen atoms in total. The fourth-order valence-corrected chi connectivity index (χ4v) is 2.66. The van der Waals surface area contributed by atoms with Crippen molar-refractivity contribution in [3.8, 4) is 11.1 Å². The summed E-state index contributed by atoms with van der Waals surface area (Å²) in [6, 6.07) is 12.6.